The van der Waals surface area contributed by atoms with E-state index in [0.717, 1.165) is 44.6 Å². The lowest BCUT2D eigenvalue weighted by Crippen LogP contribution is -2.47. The van der Waals surface area contributed by atoms with Gasteiger partial charge in [-0.3, -0.25) is 0 Å². The Morgan fingerprint density at radius 3 is 2.61 bits per heavy atom. The van der Waals surface area contributed by atoms with Crippen molar-refractivity contribution >= 4 is 6.03 Å². The molecule has 0 N–H and O–H groups in total. The first-order chi connectivity index (χ1) is 13.7. The van der Waals surface area contributed by atoms with Gasteiger partial charge in [-0.15, -0.1) is 10.2 Å². The van der Waals surface area contributed by atoms with Crippen LogP contribution >= 0.6 is 0 Å². The molecule has 2 saturated heterocycles. The normalized spacial score (nSPS) is 23.4. The van der Waals surface area contributed by atoms with Gasteiger partial charge in [0.05, 0.1) is 12.1 Å². The van der Waals surface area contributed by atoms with E-state index in [2.05, 4.69) is 40.5 Å². The van der Waals surface area contributed by atoms with Gasteiger partial charge in [-0.2, -0.15) is 0 Å². The minimum absolute atomic E-state index is 0.0428. The fourth-order valence-corrected chi connectivity index (χ4v) is 4.48. The lowest BCUT2D eigenvalue weighted by Gasteiger charge is -2.36. The Morgan fingerprint density at radius 2 is 1.96 bits per heavy atom. The van der Waals surface area contributed by atoms with Crippen LogP contribution in [0.1, 0.15) is 36.7 Å². The Kier molecular flexibility index (Phi) is 5.62. The van der Waals surface area contributed by atoms with Crippen LogP contribution in [0.5, 0.6) is 0 Å². The van der Waals surface area contributed by atoms with Crippen molar-refractivity contribution in [3.8, 4) is 0 Å². The molecule has 4 rings (SSSR count). The number of piperidine rings is 1. The molecule has 2 amide bonds. The number of methoxy groups -OCH3 is 1. The quantitative estimate of drug-likeness (QED) is 0.814. The van der Waals surface area contributed by atoms with E-state index >= 15 is 0 Å². The maximum absolute atomic E-state index is 13.3. The van der Waals surface area contributed by atoms with Gasteiger partial charge in [0, 0.05) is 40.2 Å². The Bertz CT molecular complexity index is 785. The van der Waals surface area contributed by atoms with Crippen molar-refractivity contribution in [3.63, 3.8) is 0 Å². The van der Waals surface area contributed by atoms with Crippen LogP contribution < -0.4 is 0 Å². The summed E-state index contributed by atoms with van der Waals surface area (Å²) in [6, 6.07) is 10.7. The number of carbonyl (C=O) groups excluding carboxylic acids is 1. The van der Waals surface area contributed by atoms with E-state index in [1.165, 1.54) is 5.56 Å². The van der Waals surface area contributed by atoms with Crippen LogP contribution in [0.2, 0.25) is 0 Å². The van der Waals surface area contributed by atoms with Crippen molar-refractivity contribution in [2.45, 2.75) is 37.8 Å². The van der Waals surface area contributed by atoms with Crippen molar-refractivity contribution in [2.24, 2.45) is 13.0 Å². The predicted molar refractivity (Wildman–Crippen MR) is 106 cm³/mol. The summed E-state index contributed by atoms with van der Waals surface area (Å²) in [5.41, 5.74) is 1.39. The Hall–Kier alpha value is -2.41. The summed E-state index contributed by atoms with van der Waals surface area (Å²) in [5, 5.41) is 8.24. The summed E-state index contributed by atoms with van der Waals surface area (Å²) in [5.74, 6) is 1.47. The number of rotatable bonds is 4. The third kappa shape index (κ3) is 3.90. The second-order valence-corrected chi connectivity index (χ2v) is 7.96. The summed E-state index contributed by atoms with van der Waals surface area (Å²) >= 11 is 0. The van der Waals surface area contributed by atoms with Crippen LogP contribution in [-0.2, 0) is 18.2 Å². The zero-order chi connectivity index (χ0) is 19.5. The number of likely N-dealkylation sites (tertiary alicyclic amines) is 2. The molecule has 0 spiro atoms. The number of ether oxygens (including phenoxy) is 1. The number of aromatic nitrogens is 3. The average molecular weight is 383 g/mol. The maximum atomic E-state index is 13.3. The lowest BCUT2D eigenvalue weighted by atomic mass is 9.90. The summed E-state index contributed by atoms with van der Waals surface area (Å²) in [6.07, 6.45) is 5.70. The molecule has 1 aromatic heterocycles. The predicted octanol–water partition coefficient (Wildman–Crippen LogP) is 2.65. The molecule has 2 aliphatic rings. The monoisotopic (exact) mass is 383 g/mol. The highest BCUT2D eigenvalue weighted by Gasteiger charge is 2.41. The highest BCUT2D eigenvalue weighted by atomic mass is 16.5. The van der Waals surface area contributed by atoms with Crippen LogP contribution in [0.25, 0.3) is 0 Å². The molecule has 2 aliphatic heterocycles. The molecule has 150 valence electrons. The van der Waals surface area contributed by atoms with Crippen molar-refractivity contribution in [1.29, 1.82) is 0 Å². The lowest BCUT2D eigenvalue weighted by molar-refractivity contribution is 0.101. The smallest absolute Gasteiger partial charge is 0.320 e. The minimum Gasteiger partial charge on any atom is -0.380 e. The summed E-state index contributed by atoms with van der Waals surface area (Å²) in [7, 11) is 3.63. The number of hydrogen-bond donors (Lipinski definition) is 0. The largest absolute Gasteiger partial charge is 0.380 e. The number of nitrogens with zero attached hydrogens (tertiary/aromatic N) is 5. The highest BCUT2D eigenvalue weighted by molar-refractivity contribution is 5.75. The molecule has 0 unspecified atom stereocenters. The van der Waals surface area contributed by atoms with Crippen LogP contribution in [0, 0.1) is 5.92 Å². The third-order valence-electron chi connectivity index (χ3n) is 6.14. The van der Waals surface area contributed by atoms with Gasteiger partial charge in [0.2, 0.25) is 0 Å². The van der Waals surface area contributed by atoms with Crippen molar-refractivity contribution in [3.05, 3.63) is 48.0 Å². The SMILES string of the molecule is CO[C@@H]1C[C@@H](c2nncn2C)N(C(=O)N2CCC(Cc3ccccc3)CC2)C1. The molecule has 0 bridgehead atoms. The first-order valence-corrected chi connectivity index (χ1v) is 10.1. The topological polar surface area (TPSA) is 63.5 Å². The van der Waals surface area contributed by atoms with E-state index in [1.807, 2.05) is 21.4 Å². The van der Waals surface area contributed by atoms with Crippen molar-refractivity contribution in [1.82, 2.24) is 24.6 Å². The van der Waals surface area contributed by atoms with Gasteiger partial charge in [-0.05, 0) is 30.7 Å². The summed E-state index contributed by atoms with van der Waals surface area (Å²) in [6.45, 7) is 2.24. The van der Waals surface area contributed by atoms with Crippen LogP contribution in [0.3, 0.4) is 0 Å². The molecular weight excluding hydrogens is 354 g/mol. The van der Waals surface area contributed by atoms with Crippen molar-refractivity contribution in [2.75, 3.05) is 26.7 Å². The fourth-order valence-electron chi connectivity index (χ4n) is 4.48. The van der Waals surface area contributed by atoms with E-state index in [-0.39, 0.29) is 18.2 Å². The second kappa shape index (κ2) is 8.31. The van der Waals surface area contributed by atoms with Crippen LogP contribution in [0.4, 0.5) is 4.79 Å². The molecule has 28 heavy (non-hydrogen) atoms. The van der Waals surface area contributed by atoms with Gasteiger partial charge in [0.25, 0.3) is 0 Å². The highest BCUT2D eigenvalue weighted by Crippen LogP contribution is 2.34. The molecule has 2 fully saturated rings. The number of carbonyl (C=O) groups is 1. The number of aryl methyl sites for hydroxylation is 1. The molecule has 0 radical (unpaired) electrons. The number of hydrogen-bond acceptors (Lipinski definition) is 4. The molecule has 3 heterocycles. The minimum atomic E-state index is -0.0769. The van der Waals surface area contributed by atoms with E-state index in [0.29, 0.717) is 12.5 Å². The van der Waals surface area contributed by atoms with Gasteiger partial charge in [-0.1, -0.05) is 30.3 Å². The van der Waals surface area contributed by atoms with Gasteiger partial charge in [-0.25, -0.2) is 4.79 Å². The van der Waals surface area contributed by atoms with Gasteiger partial charge < -0.3 is 19.1 Å². The maximum Gasteiger partial charge on any atom is 0.320 e. The van der Waals surface area contributed by atoms with Gasteiger partial charge in [0.1, 0.15) is 6.33 Å². The molecule has 1 aromatic carbocycles. The van der Waals surface area contributed by atoms with Gasteiger partial charge in [0.15, 0.2) is 5.82 Å². The van der Waals surface area contributed by atoms with E-state index in [1.54, 1.807) is 13.4 Å². The second-order valence-electron chi connectivity index (χ2n) is 7.96. The van der Waals surface area contributed by atoms with Crippen molar-refractivity contribution < 1.29 is 9.53 Å². The average Bonchev–Trinajstić information content (AvgIpc) is 3.34. The van der Waals surface area contributed by atoms with E-state index < -0.39 is 0 Å². The summed E-state index contributed by atoms with van der Waals surface area (Å²) < 4.78 is 7.46. The molecule has 0 saturated carbocycles. The molecular formula is C21H29N5O2. The number of amides is 2. The zero-order valence-electron chi connectivity index (χ0n) is 16.7. The fraction of sp³-hybridized carbons (Fsp3) is 0.571. The van der Waals surface area contributed by atoms with E-state index in [9.17, 15) is 4.79 Å². The Balaban J connectivity index is 1.39. The molecule has 2 aromatic rings. The molecule has 0 aliphatic carbocycles. The van der Waals surface area contributed by atoms with Crippen LogP contribution in [0.15, 0.2) is 36.7 Å². The zero-order valence-corrected chi connectivity index (χ0v) is 16.7. The molecule has 2 atom stereocenters. The van der Waals surface area contributed by atoms with Crippen LogP contribution in [-0.4, -0.2) is 63.4 Å². The van der Waals surface area contributed by atoms with Gasteiger partial charge >= 0.3 is 6.03 Å². The van der Waals surface area contributed by atoms with E-state index in [4.69, 9.17) is 4.74 Å². The standard InChI is InChI=1S/C21H29N5O2/c1-24-15-22-23-20(24)19-13-18(28-2)14-26(19)21(27)25-10-8-17(9-11-25)12-16-6-4-3-5-7-16/h3-7,15,17-19H,8-14H2,1-2H3/t18-,19+/m1/s1. The summed E-state index contributed by atoms with van der Waals surface area (Å²) in [4.78, 5) is 17.2. The number of benzene rings is 1. The molecule has 7 heteroatoms. The first kappa shape index (κ1) is 18.9. The number of urea groups is 1. The Labute approximate surface area is 166 Å². The third-order valence-corrected chi connectivity index (χ3v) is 6.14. The Morgan fingerprint density at radius 1 is 1.21 bits per heavy atom. The first-order valence-electron chi connectivity index (χ1n) is 10.1. The molecule has 7 nitrogen and oxygen atoms in total.